The first-order valence-electron chi connectivity index (χ1n) is 18.2. The maximum Gasteiger partial charge on any atom is 0.337 e. The molecule has 4 fully saturated rings. The highest BCUT2D eigenvalue weighted by molar-refractivity contribution is 5.95. The first-order chi connectivity index (χ1) is 21.0. The molecule has 43 heavy (non-hydrogen) atoms. The van der Waals surface area contributed by atoms with E-state index in [1.807, 2.05) is 0 Å². The molecule has 0 aliphatic carbocycles. The van der Waals surface area contributed by atoms with Crippen molar-refractivity contribution in [3.63, 3.8) is 0 Å². The molecule has 6 heterocycles. The van der Waals surface area contributed by atoms with E-state index in [-0.39, 0.29) is 12.0 Å². The zero-order chi connectivity index (χ0) is 29.8. The molecule has 8 nitrogen and oxygen atoms in total. The summed E-state index contributed by atoms with van der Waals surface area (Å²) >= 11 is 0. The maximum atomic E-state index is 13.2. The van der Waals surface area contributed by atoms with Crippen molar-refractivity contribution < 1.29 is 9.53 Å². The zero-order valence-electron chi connectivity index (χ0n) is 27.3. The standard InChI is InChI=1S/C35H58N6O2/c1-4-5-6-8-11-14-27-23-30-18-19-31-32(25(3)37-35(39-27)41(30)31)33(42)43-20-13-10-7-9-12-15-26-22-29-17-16-28-21-24(2)36-34(38-26)40(28)29/h24-30H,4-23H2,1-3H3,(H,36,38)(H,37,39)/t24-,25?,26+,27+,28+,29-,30-/m0/s1. The molecule has 0 aromatic heterocycles. The number of ether oxygens (including phenoxy) is 1. The SMILES string of the molecule is CCCCCCC[C@@H]1C[C@@H]2CCC3=C(C(=O)OCCCCCCC[C@@H]4C[C@@H]5CC[C@@H]6C[C@H](C)NC(=N4)N65)C(C)N=C(N1)N32. The van der Waals surface area contributed by atoms with E-state index in [2.05, 4.69) is 41.2 Å². The number of hydrogen-bond donors (Lipinski definition) is 2. The lowest BCUT2D eigenvalue weighted by molar-refractivity contribution is -0.139. The van der Waals surface area contributed by atoms with Crippen LogP contribution in [0.2, 0.25) is 0 Å². The Labute approximate surface area is 260 Å². The number of aliphatic imine (C=N–C) groups is 2. The lowest BCUT2D eigenvalue weighted by atomic mass is 9.97. The van der Waals surface area contributed by atoms with Crippen molar-refractivity contribution in [2.75, 3.05) is 6.61 Å². The van der Waals surface area contributed by atoms with E-state index in [0.29, 0.717) is 36.8 Å². The Balaban J connectivity index is 0.882. The summed E-state index contributed by atoms with van der Waals surface area (Å²) < 4.78 is 5.83. The van der Waals surface area contributed by atoms with Gasteiger partial charge in [0.25, 0.3) is 0 Å². The second kappa shape index (κ2) is 14.2. The molecule has 0 radical (unpaired) electrons. The van der Waals surface area contributed by atoms with E-state index < -0.39 is 0 Å². The first kappa shape index (κ1) is 30.8. The molecule has 0 saturated carbocycles. The summed E-state index contributed by atoms with van der Waals surface area (Å²) in [6.07, 6.45) is 23.2. The molecular formula is C35H58N6O2. The van der Waals surface area contributed by atoms with Gasteiger partial charge in [0.1, 0.15) is 0 Å². The number of allylic oxidation sites excluding steroid dienone is 1. The molecule has 0 spiro atoms. The molecule has 6 rings (SSSR count). The van der Waals surface area contributed by atoms with Crippen LogP contribution in [0.5, 0.6) is 0 Å². The molecule has 0 bridgehead atoms. The highest BCUT2D eigenvalue weighted by Crippen LogP contribution is 2.40. The van der Waals surface area contributed by atoms with Crippen LogP contribution in [0.15, 0.2) is 21.3 Å². The molecule has 4 saturated heterocycles. The van der Waals surface area contributed by atoms with Gasteiger partial charge in [-0.15, -0.1) is 0 Å². The molecule has 8 heteroatoms. The average molecular weight is 595 g/mol. The van der Waals surface area contributed by atoms with E-state index in [1.165, 1.54) is 102 Å². The van der Waals surface area contributed by atoms with Crippen LogP contribution in [-0.2, 0) is 9.53 Å². The monoisotopic (exact) mass is 594 g/mol. The van der Waals surface area contributed by atoms with Crippen molar-refractivity contribution in [1.29, 1.82) is 0 Å². The van der Waals surface area contributed by atoms with E-state index in [0.717, 1.165) is 49.7 Å². The second-order valence-electron chi connectivity index (χ2n) is 14.4. The van der Waals surface area contributed by atoms with Crippen LogP contribution in [-0.4, -0.2) is 76.6 Å². The van der Waals surface area contributed by atoms with Gasteiger partial charge >= 0.3 is 5.97 Å². The summed E-state index contributed by atoms with van der Waals surface area (Å²) in [7, 11) is 0. The van der Waals surface area contributed by atoms with E-state index in [1.54, 1.807) is 0 Å². The van der Waals surface area contributed by atoms with Gasteiger partial charge in [0.2, 0.25) is 0 Å². The third-order valence-electron chi connectivity index (χ3n) is 11.0. The number of guanidine groups is 2. The third-order valence-corrected chi connectivity index (χ3v) is 11.0. The lowest BCUT2D eigenvalue weighted by Crippen LogP contribution is -2.59. The highest BCUT2D eigenvalue weighted by Gasteiger charge is 2.45. The predicted octanol–water partition coefficient (Wildman–Crippen LogP) is 6.41. The van der Waals surface area contributed by atoms with Crippen molar-refractivity contribution in [2.45, 2.75) is 185 Å². The zero-order valence-corrected chi connectivity index (χ0v) is 27.3. The van der Waals surface area contributed by atoms with Gasteiger partial charge in [0, 0.05) is 35.9 Å². The molecule has 7 atom stereocenters. The molecule has 0 amide bonds. The number of carbonyl (C=O) groups is 1. The van der Waals surface area contributed by atoms with Crippen LogP contribution >= 0.6 is 0 Å². The molecule has 6 aliphatic rings. The van der Waals surface area contributed by atoms with Crippen molar-refractivity contribution in [3.05, 3.63) is 11.3 Å². The number of nitrogens with zero attached hydrogens (tertiary/aromatic N) is 4. The first-order valence-corrected chi connectivity index (χ1v) is 18.2. The van der Waals surface area contributed by atoms with Crippen LogP contribution in [0.1, 0.15) is 143 Å². The number of nitrogens with one attached hydrogen (secondary N) is 2. The number of unbranched alkanes of at least 4 members (excludes halogenated alkanes) is 8. The smallest absolute Gasteiger partial charge is 0.337 e. The minimum Gasteiger partial charge on any atom is -0.462 e. The fourth-order valence-corrected chi connectivity index (χ4v) is 8.88. The fourth-order valence-electron chi connectivity index (χ4n) is 8.88. The molecule has 6 aliphatic heterocycles. The van der Waals surface area contributed by atoms with Crippen LogP contribution in [0.4, 0.5) is 0 Å². The molecular weight excluding hydrogens is 536 g/mol. The lowest BCUT2D eigenvalue weighted by Gasteiger charge is -2.44. The molecule has 0 aromatic rings. The summed E-state index contributed by atoms with van der Waals surface area (Å²) in [6, 6.07) is 3.31. The Kier molecular flexibility index (Phi) is 10.2. The van der Waals surface area contributed by atoms with Gasteiger partial charge in [0.15, 0.2) is 11.9 Å². The Morgan fingerprint density at radius 1 is 0.814 bits per heavy atom. The fraction of sp³-hybridized carbons (Fsp3) is 0.857. The topological polar surface area (TPSA) is 81.6 Å². The van der Waals surface area contributed by atoms with Crippen LogP contribution in [0.3, 0.4) is 0 Å². The Morgan fingerprint density at radius 3 is 2.40 bits per heavy atom. The van der Waals surface area contributed by atoms with Gasteiger partial charge in [-0.2, -0.15) is 0 Å². The average Bonchev–Trinajstić information content (AvgIpc) is 3.59. The normalized spacial score (nSPS) is 32.5. The summed E-state index contributed by atoms with van der Waals surface area (Å²) in [6.45, 7) is 7.14. The quantitative estimate of drug-likeness (QED) is 0.168. The Bertz CT molecular complexity index is 1070. The number of esters is 1. The van der Waals surface area contributed by atoms with Crippen molar-refractivity contribution in [2.24, 2.45) is 9.98 Å². The van der Waals surface area contributed by atoms with Gasteiger partial charge in [0.05, 0.1) is 24.3 Å². The number of rotatable bonds is 15. The van der Waals surface area contributed by atoms with Crippen molar-refractivity contribution in [1.82, 2.24) is 20.4 Å². The summed E-state index contributed by atoms with van der Waals surface area (Å²) in [5.41, 5.74) is 1.97. The molecule has 2 N–H and O–H groups in total. The maximum absolute atomic E-state index is 13.2. The summed E-state index contributed by atoms with van der Waals surface area (Å²) in [4.78, 5) is 28.3. The Hall–Kier alpha value is -2.25. The van der Waals surface area contributed by atoms with E-state index in [9.17, 15) is 4.79 Å². The Morgan fingerprint density at radius 2 is 1.56 bits per heavy atom. The van der Waals surface area contributed by atoms with Crippen LogP contribution in [0, 0.1) is 0 Å². The molecule has 1 unspecified atom stereocenters. The summed E-state index contributed by atoms with van der Waals surface area (Å²) in [5.74, 6) is 2.05. The minimum atomic E-state index is -0.144. The van der Waals surface area contributed by atoms with Crippen LogP contribution in [0.25, 0.3) is 0 Å². The summed E-state index contributed by atoms with van der Waals surface area (Å²) in [5, 5.41) is 7.40. The van der Waals surface area contributed by atoms with Crippen LogP contribution < -0.4 is 10.6 Å². The van der Waals surface area contributed by atoms with Gasteiger partial charge in [-0.25, -0.2) is 14.8 Å². The largest absolute Gasteiger partial charge is 0.462 e. The molecule has 0 aromatic carbocycles. The molecule has 240 valence electrons. The van der Waals surface area contributed by atoms with Gasteiger partial charge < -0.3 is 25.2 Å². The van der Waals surface area contributed by atoms with Crippen molar-refractivity contribution in [3.8, 4) is 0 Å². The second-order valence-corrected chi connectivity index (χ2v) is 14.4. The number of carbonyl (C=O) groups excluding carboxylic acids is 1. The van der Waals surface area contributed by atoms with E-state index in [4.69, 9.17) is 14.7 Å². The minimum absolute atomic E-state index is 0.138. The third kappa shape index (κ3) is 7.03. The van der Waals surface area contributed by atoms with Crippen molar-refractivity contribution >= 4 is 17.9 Å². The predicted molar refractivity (Wildman–Crippen MR) is 174 cm³/mol. The van der Waals surface area contributed by atoms with Gasteiger partial charge in [-0.1, -0.05) is 64.7 Å². The van der Waals surface area contributed by atoms with Gasteiger partial charge in [-0.05, 0) is 78.1 Å². The van der Waals surface area contributed by atoms with E-state index >= 15 is 0 Å². The van der Waals surface area contributed by atoms with Gasteiger partial charge in [-0.3, -0.25) is 0 Å². The number of hydrogen-bond acceptors (Lipinski definition) is 8. The highest BCUT2D eigenvalue weighted by atomic mass is 16.5.